The second-order valence-electron chi connectivity index (χ2n) is 2.98. The molecule has 0 aliphatic carbocycles. The molecule has 0 radical (unpaired) electrons. The van der Waals surface area contributed by atoms with Crippen molar-refractivity contribution in [1.82, 2.24) is 9.97 Å². The first kappa shape index (κ1) is 8.96. The number of aryl methyl sites for hydroxylation is 1. The number of imidazole rings is 1. The van der Waals surface area contributed by atoms with Gasteiger partial charge in [-0.2, -0.15) is 0 Å². The van der Waals surface area contributed by atoms with Crippen molar-refractivity contribution in [3.05, 3.63) is 27.1 Å². The molecule has 0 bridgehead atoms. The van der Waals surface area contributed by atoms with Crippen LogP contribution in [-0.2, 0) is 6.54 Å². The zero-order valence-electron chi connectivity index (χ0n) is 7.26. The molecule has 0 fully saturated rings. The topological polar surface area (TPSA) is 54.7 Å². The molecular formula is C9H10IN3. The molecule has 2 rings (SSSR count). The maximum Gasteiger partial charge on any atom is 0.121 e. The van der Waals surface area contributed by atoms with Crippen LogP contribution in [-0.4, -0.2) is 9.97 Å². The van der Waals surface area contributed by atoms with E-state index in [4.69, 9.17) is 5.73 Å². The Labute approximate surface area is 89.9 Å². The number of benzene rings is 1. The Bertz CT molecular complexity index is 408. The van der Waals surface area contributed by atoms with Gasteiger partial charge in [-0.1, -0.05) is 6.07 Å². The van der Waals surface area contributed by atoms with Gasteiger partial charge in [0, 0.05) is 3.57 Å². The molecule has 3 nitrogen and oxygen atoms in total. The van der Waals surface area contributed by atoms with Crippen molar-refractivity contribution in [2.75, 3.05) is 0 Å². The number of H-pyrrole nitrogens is 1. The number of aromatic amines is 1. The Morgan fingerprint density at radius 3 is 2.92 bits per heavy atom. The fourth-order valence-electron chi connectivity index (χ4n) is 1.34. The van der Waals surface area contributed by atoms with Gasteiger partial charge in [-0.25, -0.2) is 4.98 Å². The van der Waals surface area contributed by atoms with E-state index in [0.717, 1.165) is 16.9 Å². The molecule has 1 aromatic heterocycles. The van der Waals surface area contributed by atoms with Gasteiger partial charge < -0.3 is 10.7 Å². The van der Waals surface area contributed by atoms with Crippen molar-refractivity contribution in [3.63, 3.8) is 0 Å². The van der Waals surface area contributed by atoms with Gasteiger partial charge in [-0.05, 0) is 41.1 Å². The van der Waals surface area contributed by atoms with Gasteiger partial charge in [0.2, 0.25) is 0 Å². The Morgan fingerprint density at radius 2 is 2.31 bits per heavy atom. The highest BCUT2D eigenvalue weighted by Crippen LogP contribution is 2.21. The van der Waals surface area contributed by atoms with Crippen LogP contribution in [0.1, 0.15) is 11.4 Å². The molecule has 2 aromatic rings. The third-order valence-electron chi connectivity index (χ3n) is 2.04. The number of aromatic nitrogens is 2. The number of hydrogen-bond donors (Lipinski definition) is 2. The largest absolute Gasteiger partial charge is 0.340 e. The summed E-state index contributed by atoms with van der Waals surface area (Å²) in [5.74, 6) is 0.849. The number of nitrogens with one attached hydrogen (secondary N) is 1. The van der Waals surface area contributed by atoms with Gasteiger partial charge >= 0.3 is 0 Å². The van der Waals surface area contributed by atoms with Crippen molar-refractivity contribution in [2.24, 2.45) is 5.73 Å². The molecule has 4 heteroatoms. The Hall–Kier alpha value is -0.620. The quantitative estimate of drug-likeness (QED) is 0.787. The van der Waals surface area contributed by atoms with Crippen LogP contribution < -0.4 is 5.73 Å². The average molecular weight is 287 g/mol. The zero-order valence-corrected chi connectivity index (χ0v) is 9.42. The fourth-order valence-corrected chi connectivity index (χ4v) is 1.91. The van der Waals surface area contributed by atoms with E-state index in [1.807, 2.05) is 0 Å². The fraction of sp³-hybridized carbons (Fsp3) is 0.222. The predicted octanol–water partition coefficient (Wildman–Crippen LogP) is 1.93. The van der Waals surface area contributed by atoms with E-state index in [1.165, 1.54) is 9.13 Å². The summed E-state index contributed by atoms with van der Waals surface area (Å²) in [5, 5.41) is 0. The number of hydrogen-bond acceptors (Lipinski definition) is 2. The number of nitrogens with zero attached hydrogens (tertiary/aromatic N) is 1. The van der Waals surface area contributed by atoms with E-state index in [9.17, 15) is 0 Å². The minimum atomic E-state index is 0.462. The smallest absolute Gasteiger partial charge is 0.121 e. The summed E-state index contributed by atoms with van der Waals surface area (Å²) in [7, 11) is 0. The summed E-state index contributed by atoms with van der Waals surface area (Å²) >= 11 is 2.29. The predicted molar refractivity (Wildman–Crippen MR) is 61.4 cm³/mol. The monoisotopic (exact) mass is 287 g/mol. The molecule has 1 aromatic carbocycles. The van der Waals surface area contributed by atoms with E-state index >= 15 is 0 Å². The van der Waals surface area contributed by atoms with Gasteiger partial charge in [0.05, 0.1) is 17.6 Å². The lowest BCUT2D eigenvalue weighted by atomic mass is 10.2. The Balaban J connectivity index is 2.80. The molecule has 0 saturated carbocycles. The first-order valence-corrected chi connectivity index (χ1v) is 5.14. The number of fused-ring (bicyclic) bond motifs is 1. The standard InChI is InChI=1S/C9H10IN3/c1-5-2-3-6(10)9-8(5)12-7(4-11)13-9/h2-3H,4,11H2,1H3,(H,12,13). The molecule has 3 N–H and O–H groups in total. The lowest BCUT2D eigenvalue weighted by molar-refractivity contribution is 0.958. The van der Waals surface area contributed by atoms with Crippen LogP contribution in [0.3, 0.4) is 0 Å². The number of halogens is 1. The van der Waals surface area contributed by atoms with Gasteiger partial charge in [-0.15, -0.1) is 0 Å². The highest BCUT2D eigenvalue weighted by atomic mass is 127. The van der Waals surface area contributed by atoms with Crippen LogP contribution in [0.5, 0.6) is 0 Å². The zero-order chi connectivity index (χ0) is 9.42. The molecule has 0 saturated heterocycles. The van der Waals surface area contributed by atoms with Crippen LogP contribution in [0.2, 0.25) is 0 Å². The number of rotatable bonds is 1. The maximum absolute atomic E-state index is 5.52. The second kappa shape index (κ2) is 3.26. The van der Waals surface area contributed by atoms with E-state index in [2.05, 4.69) is 51.6 Å². The summed E-state index contributed by atoms with van der Waals surface area (Å²) in [5.41, 5.74) is 8.84. The molecule has 1 heterocycles. The lowest BCUT2D eigenvalue weighted by Crippen LogP contribution is -1.97. The highest BCUT2D eigenvalue weighted by Gasteiger charge is 2.06. The summed E-state index contributed by atoms with van der Waals surface area (Å²) < 4.78 is 1.19. The molecule has 0 unspecified atom stereocenters. The maximum atomic E-state index is 5.52. The van der Waals surface area contributed by atoms with Gasteiger partial charge in [-0.3, -0.25) is 0 Å². The van der Waals surface area contributed by atoms with E-state index < -0.39 is 0 Å². The summed E-state index contributed by atoms with van der Waals surface area (Å²) in [4.78, 5) is 7.62. The van der Waals surface area contributed by atoms with Crippen LogP contribution in [0, 0.1) is 10.5 Å². The first-order valence-electron chi connectivity index (χ1n) is 4.06. The first-order chi connectivity index (χ1) is 6.22. The molecule has 13 heavy (non-hydrogen) atoms. The van der Waals surface area contributed by atoms with Crippen LogP contribution in [0.4, 0.5) is 0 Å². The second-order valence-corrected chi connectivity index (χ2v) is 4.14. The average Bonchev–Trinajstić information content (AvgIpc) is 2.56. The van der Waals surface area contributed by atoms with Crippen molar-refractivity contribution >= 4 is 33.6 Å². The highest BCUT2D eigenvalue weighted by molar-refractivity contribution is 14.1. The molecule has 0 spiro atoms. The van der Waals surface area contributed by atoms with Crippen molar-refractivity contribution < 1.29 is 0 Å². The lowest BCUT2D eigenvalue weighted by Gasteiger charge is -1.95. The Kier molecular flexibility index (Phi) is 2.25. The molecule has 68 valence electrons. The van der Waals surface area contributed by atoms with Crippen molar-refractivity contribution in [1.29, 1.82) is 0 Å². The molecule has 0 aliphatic heterocycles. The van der Waals surface area contributed by atoms with Crippen molar-refractivity contribution in [2.45, 2.75) is 13.5 Å². The SMILES string of the molecule is Cc1ccc(I)c2[nH]c(CN)nc12. The third-order valence-corrected chi connectivity index (χ3v) is 2.94. The Morgan fingerprint density at radius 1 is 1.54 bits per heavy atom. The number of nitrogens with two attached hydrogens (primary N) is 1. The molecule has 0 amide bonds. The molecule has 0 atom stereocenters. The molecular weight excluding hydrogens is 277 g/mol. The van der Waals surface area contributed by atoms with E-state index in [-0.39, 0.29) is 0 Å². The summed E-state index contributed by atoms with van der Waals surface area (Å²) in [6.07, 6.45) is 0. The van der Waals surface area contributed by atoms with Gasteiger partial charge in [0.25, 0.3) is 0 Å². The van der Waals surface area contributed by atoms with Crippen LogP contribution in [0.15, 0.2) is 12.1 Å². The normalized spacial score (nSPS) is 11.0. The van der Waals surface area contributed by atoms with Gasteiger partial charge in [0.1, 0.15) is 5.82 Å². The molecule has 0 aliphatic rings. The summed E-state index contributed by atoms with van der Waals surface area (Å²) in [6.45, 7) is 2.52. The third kappa shape index (κ3) is 1.44. The minimum Gasteiger partial charge on any atom is -0.340 e. The minimum absolute atomic E-state index is 0.462. The van der Waals surface area contributed by atoms with Crippen LogP contribution in [0.25, 0.3) is 11.0 Å². The summed E-state index contributed by atoms with van der Waals surface area (Å²) in [6, 6.07) is 4.15. The van der Waals surface area contributed by atoms with Crippen molar-refractivity contribution in [3.8, 4) is 0 Å². The van der Waals surface area contributed by atoms with Gasteiger partial charge in [0.15, 0.2) is 0 Å². The van der Waals surface area contributed by atoms with E-state index in [0.29, 0.717) is 6.54 Å². The van der Waals surface area contributed by atoms with Crippen LogP contribution >= 0.6 is 22.6 Å². The van der Waals surface area contributed by atoms with E-state index in [1.54, 1.807) is 0 Å².